The molecule has 1 atom stereocenters. The fourth-order valence-electron chi connectivity index (χ4n) is 0.642. The largest absolute Gasteiger partial charge is 0.480 e. The van der Waals surface area contributed by atoms with Crippen LogP contribution in [0, 0.1) is 0 Å². The number of hydrogen-bond acceptors (Lipinski definition) is 2. The van der Waals surface area contributed by atoms with Crippen molar-refractivity contribution in [1.29, 1.82) is 0 Å². The molecule has 0 heterocycles. The van der Waals surface area contributed by atoms with Crippen LogP contribution >= 0.6 is 11.8 Å². The molecule has 0 aromatic rings. The Bertz CT molecular complexity index is 136. The van der Waals surface area contributed by atoms with Gasteiger partial charge in [0.1, 0.15) is 4.75 Å². The van der Waals surface area contributed by atoms with Crippen LogP contribution in [0.1, 0.15) is 33.6 Å². The summed E-state index contributed by atoms with van der Waals surface area (Å²) in [6.45, 7) is 5.76. The van der Waals surface area contributed by atoms with Crippen molar-refractivity contribution in [3.63, 3.8) is 0 Å². The van der Waals surface area contributed by atoms with E-state index in [1.54, 1.807) is 6.92 Å². The van der Waals surface area contributed by atoms with Crippen molar-refractivity contribution in [1.82, 2.24) is 0 Å². The molecule has 1 N–H and O–H groups in total. The molecule has 0 amide bonds. The lowest BCUT2D eigenvalue weighted by Crippen LogP contribution is -2.30. The second kappa shape index (κ2) is 4.65. The second-order valence-corrected chi connectivity index (χ2v) is 4.34. The van der Waals surface area contributed by atoms with Crippen molar-refractivity contribution >= 4 is 17.7 Å². The summed E-state index contributed by atoms with van der Waals surface area (Å²) in [5.41, 5.74) is 0. The Morgan fingerprint density at radius 1 is 1.55 bits per heavy atom. The average molecular weight is 176 g/mol. The third kappa shape index (κ3) is 3.14. The van der Waals surface area contributed by atoms with Gasteiger partial charge in [0.25, 0.3) is 0 Å². The summed E-state index contributed by atoms with van der Waals surface area (Å²) in [6.07, 6.45) is 1.72. The number of carboxylic acid groups (broad SMARTS) is 1. The molecule has 66 valence electrons. The first-order valence-electron chi connectivity index (χ1n) is 3.94. The predicted molar refractivity (Wildman–Crippen MR) is 49.1 cm³/mol. The molecule has 0 aliphatic heterocycles. The molecule has 0 saturated heterocycles. The van der Waals surface area contributed by atoms with Crippen LogP contribution in [-0.2, 0) is 4.79 Å². The van der Waals surface area contributed by atoms with E-state index in [-0.39, 0.29) is 0 Å². The molecule has 0 aliphatic rings. The lowest BCUT2D eigenvalue weighted by atomic mass is 10.1. The van der Waals surface area contributed by atoms with Crippen molar-refractivity contribution in [2.45, 2.75) is 38.4 Å². The molecular weight excluding hydrogens is 160 g/mol. The Labute approximate surface area is 72.4 Å². The van der Waals surface area contributed by atoms with E-state index in [0.717, 1.165) is 12.2 Å². The van der Waals surface area contributed by atoms with Gasteiger partial charge < -0.3 is 5.11 Å². The highest BCUT2D eigenvalue weighted by atomic mass is 32.2. The summed E-state index contributed by atoms with van der Waals surface area (Å²) in [7, 11) is 0. The molecule has 0 saturated carbocycles. The summed E-state index contributed by atoms with van der Waals surface area (Å²) < 4.78 is -0.573. The van der Waals surface area contributed by atoms with Crippen LogP contribution in [0.3, 0.4) is 0 Å². The molecule has 0 spiro atoms. The minimum Gasteiger partial charge on any atom is -0.480 e. The zero-order valence-electron chi connectivity index (χ0n) is 7.39. The van der Waals surface area contributed by atoms with Gasteiger partial charge in [-0.25, -0.2) is 0 Å². The smallest absolute Gasteiger partial charge is 0.319 e. The van der Waals surface area contributed by atoms with E-state index >= 15 is 0 Å². The summed E-state index contributed by atoms with van der Waals surface area (Å²) in [5.74, 6) is 0.231. The maximum atomic E-state index is 10.7. The fourth-order valence-corrected chi connectivity index (χ4v) is 1.62. The Hall–Kier alpha value is -0.180. The summed E-state index contributed by atoms with van der Waals surface area (Å²) in [6, 6.07) is 0. The highest BCUT2D eigenvalue weighted by Gasteiger charge is 2.30. The Morgan fingerprint density at radius 2 is 2.09 bits per heavy atom. The second-order valence-electron chi connectivity index (χ2n) is 2.74. The number of carbonyl (C=O) groups is 1. The standard InChI is InChI=1S/C8H16O2S/c1-4-6-11-8(3,5-2)7(9)10/h4-6H2,1-3H3,(H,9,10). The molecular formula is C8H16O2S. The summed E-state index contributed by atoms with van der Waals surface area (Å²) in [5, 5.41) is 8.84. The predicted octanol–water partition coefficient (Wildman–Crippen LogP) is 2.38. The first-order valence-corrected chi connectivity index (χ1v) is 4.92. The molecule has 0 radical (unpaired) electrons. The van der Waals surface area contributed by atoms with Gasteiger partial charge >= 0.3 is 5.97 Å². The van der Waals surface area contributed by atoms with Gasteiger partial charge in [-0.2, -0.15) is 0 Å². The van der Waals surface area contributed by atoms with Gasteiger partial charge in [0.2, 0.25) is 0 Å². The molecule has 0 fully saturated rings. The molecule has 2 nitrogen and oxygen atoms in total. The van der Waals surface area contributed by atoms with Crippen LogP contribution in [-0.4, -0.2) is 21.6 Å². The van der Waals surface area contributed by atoms with E-state index in [2.05, 4.69) is 6.92 Å². The van der Waals surface area contributed by atoms with Gasteiger partial charge in [-0.05, 0) is 25.5 Å². The molecule has 11 heavy (non-hydrogen) atoms. The minimum atomic E-state index is -0.696. The highest BCUT2D eigenvalue weighted by Crippen LogP contribution is 2.28. The maximum absolute atomic E-state index is 10.7. The van der Waals surface area contributed by atoms with Gasteiger partial charge in [-0.15, -0.1) is 11.8 Å². The van der Waals surface area contributed by atoms with E-state index in [1.807, 2.05) is 6.92 Å². The number of carboxylic acids is 1. The molecule has 0 rings (SSSR count). The highest BCUT2D eigenvalue weighted by molar-refractivity contribution is 8.01. The molecule has 1 unspecified atom stereocenters. The lowest BCUT2D eigenvalue weighted by Gasteiger charge is -2.21. The van der Waals surface area contributed by atoms with Gasteiger partial charge in [0, 0.05) is 0 Å². The molecule has 0 aromatic carbocycles. The first-order chi connectivity index (χ1) is 5.06. The van der Waals surface area contributed by atoms with Crippen molar-refractivity contribution in [2.75, 3.05) is 5.75 Å². The van der Waals surface area contributed by atoms with Crippen molar-refractivity contribution in [2.24, 2.45) is 0 Å². The molecule has 0 bridgehead atoms. The van der Waals surface area contributed by atoms with Gasteiger partial charge in [-0.1, -0.05) is 13.8 Å². The van der Waals surface area contributed by atoms with E-state index < -0.39 is 10.7 Å². The number of aliphatic carboxylic acids is 1. The fraction of sp³-hybridized carbons (Fsp3) is 0.875. The van der Waals surface area contributed by atoms with Crippen LogP contribution in [0.15, 0.2) is 0 Å². The first kappa shape index (κ1) is 10.8. The van der Waals surface area contributed by atoms with E-state index in [4.69, 9.17) is 5.11 Å². The number of rotatable bonds is 5. The summed E-state index contributed by atoms with van der Waals surface area (Å²) >= 11 is 1.53. The normalized spacial score (nSPS) is 15.9. The van der Waals surface area contributed by atoms with Crippen LogP contribution in [0.2, 0.25) is 0 Å². The third-order valence-corrected chi connectivity index (χ3v) is 3.46. The Morgan fingerprint density at radius 3 is 2.36 bits per heavy atom. The summed E-state index contributed by atoms with van der Waals surface area (Å²) in [4.78, 5) is 10.7. The Balaban J connectivity index is 3.99. The zero-order valence-corrected chi connectivity index (χ0v) is 8.20. The molecule has 0 aliphatic carbocycles. The molecule has 3 heteroatoms. The van der Waals surface area contributed by atoms with Crippen LogP contribution in [0.5, 0.6) is 0 Å². The quantitative estimate of drug-likeness (QED) is 0.698. The van der Waals surface area contributed by atoms with Crippen molar-refractivity contribution < 1.29 is 9.90 Å². The molecule has 0 aromatic heterocycles. The van der Waals surface area contributed by atoms with E-state index in [9.17, 15) is 4.79 Å². The Kier molecular flexibility index (Phi) is 4.57. The van der Waals surface area contributed by atoms with Crippen LogP contribution in [0.4, 0.5) is 0 Å². The zero-order chi connectivity index (χ0) is 8.91. The topological polar surface area (TPSA) is 37.3 Å². The minimum absolute atomic E-state index is 0.573. The van der Waals surface area contributed by atoms with E-state index in [1.165, 1.54) is 11.8 Å². The SMILES string of the molecule is CCCSC(C)(CC)C(=O)O. The number of hydrogen-bond donors (Lipinski definition) is 1. The van der Waals surface area contributed by atoms with E-state index in [0.29, 0.717) is 6.42 Å². The third-order valence-electron chi connectivity index (χ3n) is 1.75. The van der Waals surface area contributed by atoms with Crippen molar-refractivity contribution in [3.8, 4) is 0 Å². The van der Waals surface area contributed by atoms with Gasteiger partial charge in [0.05, 0.1) is 0 Å². The van der Waals surface area contributed by atoms with Gasteiger partial charge in [-0.3, -0.25) is 4.79 Å². The van der Waals surface area contributed by atoms with Crippen LogP contribution < -0.4 is 0 Å². The van der Waals surface area contributed by atoms with Crippen LogP contribution in [0.25, 0.3) is 0 Å². The maximum Gasteiger partial charge on any atom is 0.319 e. The number of thioether (sulfide) groups is 1. The average Bonchev–Trinajstić information content (AvgIpc) is 2.00. The monoisotopic (exact) mass is 176 g/mol. The van der Waals surface area contributed by atoms with Crippen molar-refractivity contribution in [3.05, 3.63) is 0 Å². The lowest BCUT2D eigenvalue weighted by molar-refractivity contribution is -0.139. The van der Waals surface area contributed by atoms with Gasteiger partial charge in [0.15, 0.2) is 0 Å².